The first-order valence-electron chi connectivity index (χ1n) is 8.49. The van der Waals surface area contributed by atoms with Crippen molar-refractivity contribution >= 4 is 29.9 Å². The second-order valence-electron chi connectivity index (χ2n) is 6.46. The van der Waals surface area contributed by atoms with Crippen LogP contribution in [0.15, 0.2) is 48.5 Å². The lowest BCUT2D eigenvalue weighted by Crippen LogP contribution is -2.34. The molecule has 0 bridgehead atoms. The summed E-state index contributed by atoms with van der Waals surface area (Å²) in [5.41, 5.74) is 7.02. The summed E-state index contributed by atoms with van der Waals surface area (Å²) in [5, 5.41) is 11.0. The summed E-state index contributed by atoms with van der Waals surface area (Å²) >= 11 is 5.99. The molecule has 5 nitrogen and oxygen atoms in total. The minimum absolute atomic E-state index is 0. The van der Waals surface area contributed by atoms with Gasteiger partial charge in [-0.3, -0.25) is 4.79 Å². The van der Waals surface area contributed by atoms with E-state index in [-0.39, 0.29) is 25.1 Å². The number of rotatable bonds is 9. The quantitative estimate of drug-likeness (QED) is 0.662. The molecule has 0 radical (unpaired) electrons. The second-order valence-corrected chi connectivity index (χ2v) is 6.90. The maximum absolute atomic E-state index is 10.7. The average Bonchev–Trinajstić information content (AvgIpc) is 2.61. The zero-order valence-corrected chi connectivity index (χ0v) is 17.0. The Labute approximate surface area is 171 Å². The van der Waals surface area contributed by atoms with Crippen molar-refractivity contribution in [2.75, 3.05) is 20.2 Å². The van der Waals surface area contributed by atoms with E-state index < -0.39 is 12.0 Å². The van der Waals surface area contributed by atoms with Crippen molar-refractivity contribution in [3.63, 3.8) is 0 Å². The van der Waals surface area contributed by atoms with E-state index in [1.807, 2.05) is 43.4 Å². The summed E-state index contributed by atoms with van der Waals surface area (Å²) in [6.45, 7) is 2.50. The van der Waals surface area contributed by atoms with Crippen LogP contribution in [0.5, 0.6) is 5.75 Å². The number of ether oxygens (including phenoxy) is 1. The number of nitrogens with two attached hydrogens (primary N) is 1. The zero-order valence-electron chi connectivity index (χ0n) is 15.5. The molecular weight excluding hydrogens is 387 g/mol. The Morgan fingerprint density at radius 2 is 1.93 bits per heavy atom. The predicted octanol–water partition coefficient (Wildman–Crippen LogP) is 3.22. The molecular formula is C20H26Cl2N2O3. The third kappa shape index (κ3) is 7.77. The number of benzene rings is 2. The van der Waals surface area contributed by atoms with Crippen molar-refractivity contribution in [3.05, 3.63) is 64.7 Å². The molecule has 0 aliphatic carbocycles. The van der Waals surface area contributed by atoms with Crippen LogP contribution in [0, 0.1) is 0 Å². The molecule has 2 unspecified atom stereocenters. The molecule has 0 saturated heterocycles. The first-order valence-corrected chi connectivity index (χ1v) is 8.86. The van der Waals surface area contributed by atoms with Gasteiger partial charge in [0.05, 0.1) is 6.10 Å². The topological polar surface area (TPSA) is 75.8 Å². The number of hydrogen-bond acceptors (Lipinski definition) is 4. The molecule has 2 rings (SSSR count). The number of aliphatic hydroxyl groups excluding tert-OH is 1. The van der Waals surface area contributed by atoms with Gasteiger partial charge in [0, 0.05) is 17.6 Å². The molecule has 0 saturated carbocycles. The van der Waals surface area contributed by atoms with Crippen LogP contribution in [-0.4, -0.2) is 42.2 Å². The van der Waals surface area contributed by atoms with Crippen LogP contribution in [0.25, 0.3) is 0 Å². The summed E-state index contributed by atoms with van der Waals surface area (Å²) in [5.74, 6) is 0.118. The lowest BCUT2D eigenvalue weighted by molar-refractivity contribution is -0.119. The van der Waals surface area contributed by atoms with E-state index in [2.05, 4.69) is 11.8 Å². The van der Waals surface area contributed by atoms with Crippen LogP contribution in [0.4, 0.5) is 0 Å². The zero-order chi connectivity index (χ0) is 19.1. The molecule has 0 aliphatic heterocycles. The molecule has 7 heteroatoms. The van der Waals surface area contributed by atoms with Gasteiger partial charge in [0.1, 0.15) is 5.75 Å². The van der Waals surface area contributed by atoms with Gasteiger partial charge >= 0.3 is 0 Å². The number of hydrogen-bond donors (Lipinski definition) is 2. The van der Waals surface area contributed by atoms with Crippen LogP contribution in [-0.2, 0) is 11.2 Å². The van der Waals surface area contributed by atoms with Gasteiger partial charge in [-0.2, -0.15) is 0 Å². The highest BCUT2D eigenvalue weighted by Gasteiger charge is 2.16. The standard InChI is InChI=1S/C20H25ClN2O3.ClH/c1-14(10-15-6-8-18(9-7-15)26-13-20(22)25)23(2)12-19(24)16-4-3-5-17(21)11-16;/h3-9,11,14,19,24H,10,12-13H2,1-2H3,(H2,22,25);1H. The molecule has 2 aromatic rings. The Kier molecular flexibility index (Phi) is 9.60. The molecule has 3 N–H and O–H groups in total. The summed E-state index contributed by atoms with van der Waals surface area (Å²) in [6.07, 6.45) is 0.236. The molecule has 27 heavy (non-hydrogen) atoms. The van der Waals surface area contributed by atoms with Crippen LogP contribution in [0.2, 0.25) is 5.02 Å². The number of amides is 1. The second kappa shape index (κ2) is 11.1. The van der Waals surface area contributed by atoms with E-state index in [0.29, 0.717) is 17.3 Å². The molecule has 2 atom stereocenters. The van der Waals surface area contributed by atoms with Crippen molar-refractivity contribution in [2.24, 2.45) is 5.73 Å². The molecule has 2 aromatic carbocycles. The molecule has 0 fully saturated rings. The van der Waals surface area contributed by atoms with Gasteiger partial charge < -0.3 is 20.5 Å². The fraction of sp³-hybridized carbons (Fsp3) is 0.350. The van der Waals surface area contributed by atoms with E-state index >= 15 is 0 Å². The van der Waals surface area contributed by atoms with Gasteiger partial charge in [-0.05, 0) is 55.8 Å². The van der Waals surface area contributed by atoms with E-state index in [4.69, 9.17) is 22.1 Å². The number of nitrogens with zero attached hydrogens (tertiary/aromatic N) is 1. The number of aliphatic hydroxyl groups is 1. The Hall–Kier alpha value is -1.79. The Morgan fingerprint density at radius 1 is 1.26 bits per heavy atom. The first-order chi connectivity index (χ1) is 12.3. The maximum atomic E-state index is 10.7. The molecule has 1 amide bonds. The van der Waals surface area contributed by atoms with Crippen LogP contribution in [0.3, 0.4) is 0 Å². The summed E-state index contributed by atoms with van der Waals surface area (Å²) in [6, 6.07) is 15.1. The smallest absolute Gasteiger partial charge is 0.255 e. The first kappa shape index (κ1) is 23.2. The maximum Gasteiger partial charge on any atom is 0.255 e. The van der Waals surface area contributed by atoms with Crippen molar-refractivity contribution in [1.29, 1.82) is 0 Å². The Bertz CT molecular complexity index is 725. The number of primary amides is 1. The molecule has 0 spiro atoms. The lowest BCUT2D eigenvalue weighted by atomic mass is 10.0. The SMILES string of the molecule is CC(Cc1ccc(OCC(N)=O)cc1)N(C)CC(O)c1cccc(Cl)c1.Cl. The highest BCUT2D eigenvalue weighted by molar-refractivity contribution is 6.30. The molecule has 0 aliphatic rings. The highest BCUT2D eigenvalue weighted by atomic mass is 35.5. The van der Waals surface area contributed by atoms with Gasteiger partial charge in [-0.1, -0.05) is 35.9 Å². The fourth-order valence-electron chi connectivity index (χ4n) is 2.65. The van der Waals surface area contributed by atoms with Crippen LogP contribution in [0.1, 0.15) is 24.2 Å². The fourth-order valence-corrected chi connectivity index (χ4v) is 2.84. The largest absolute Gasteiger partial charge is 0.484 e. The minimum Gasteiger partial charge on any atom is -0.484 e. The Morgan fingerprint density at radius 3 is 2.52 bits per heavy atom. The van der Waals surface area contributed by atoms with Gasteiger partial charge in [0.25, 0.3) is 5.91 Å². The number of likely N-dealkylation sites (N-methyl/N-ethyl adjacent to an activating group) is 1. The van der Waals surface area contributed by atoms with Gasteiger partial charge in [-0.25, -0.2) is 0 Å². The van der Waals surface area contributed by atoms with Crippen molar-refractivity contribution in [2.45, 2.75) is 25.5 Å². The van der Waals surface area contributed by atoms with Gasteiger partial charge in [-0.15, -0.1) is 12.4 Å². The van der Waals surface area contributed by atoms with Crippen LogP contribution < -0.4 is 10.5 Å². The van der Waals surface area contributed by atoms with Crippen molar-refractivity contribution in [1.82, 2.24) is 4.90 Å². The van der Waals surface area contributed by atoms with Crippen molar-refractivity contribution < 1.29 is 14.6 Å². The van der Waals surface area contributed by atoms with Crippen molar-refractivity contribution in [3.8, 4) is 5.75 Å². The molecule has 0 heterocycles. The third-order valence-corrected chi connectivity index (χ3v) is 4.52. The Balaban J connectivity index is 0.00000364. The predicted molar refractivity (Wildman–Crippen MR) is 111 cm³/mol. The van der Waals surface area contributed by atoms with Gasteiger partial charge in [0.15, 0.2) is 6.61 Å². The van der Waals surface area contributed by atoms with E-state index in [1.165, 1.54) is 0 Å². The van der Waals surface area contributed by atoms with Crippen LogP contribution >= 0.6 is 24.0 Å². The minimum atomic E-state index is -0.592. The monoisotopic (exact) mass is 412 g/mol. The van der Waals surface area contributed by atoms with E-state index in [9.17, 15) is 9.90 Å². The molecule has 0 aromatic heterocycles. The number of halogens is 2. The number of carbonyl (C=O) groups is 1. The van der Waals surface area contributed by atoms with E-state index in [1.54, 1.807) is 12.1 Å². The summed E-state index contributed by atoms with van der Waals surface area (Å²) < 4.78 is 5.26. The number of carbonyl (C=O) groups excluding carboxylic acids is 1. The molecule has 148 valence electrons. The normalized spacial score (nSPS) is 12.9. The summed E-state index contributed by atoms with van der Waals surface area (Å²) in [4.78, 5) is 12.8. The van der Waals surface area contributed by atoms with E-state index in [0.717, 1.165) is 17.5 Å². The highest BCUT2D eigenvalue weighted by Crippen LogP contribution is 2.20. The third-order valence-electron chi connectivity index (χ3n) is 4.28. The summed E-state index contributed by atoms with van der Waals surface area (Å²) in [7, 11) is 1.99. The van der Waals surface area contributed by atoms with Gasteiger partial charge in [0.2, 0.25) is 0 Å². The average molecular weight is 413 g/mol. The lowest BCUT2D eigenvalue weighted by Gasteiger charge is -2.27.